The lowest BCUT2D eigenvalue weighted by molar-refractivity contribution is 1.32. The normalized spacial score (nSPS) is 10.6. The van der Waals surface area contributed by atoms with Crippen molar-refractivity contribution in [1.82, 2.24) is 0 Å². The number of rotatable bonds is 4. The maximum absolute atomic E-state index is 3.51. The highest BCUT2D eigenvalue weighted by molar-refractivity contribution is 9.10. The minimum Gasteiger partial charge on any atom is -0.0901 e. The van der Waals surface area contributed by atoms with E-state index in [1.54, 1.807) is 23.5 Å². The van der Waals surface area contributed by atoms with Crippen molar-refractivity contribution in [2.24, 2.45) is 0 Å². The van der Waals surface area contributed by atoms with Gasteiger partial charge in [0.15, 0.2) is 0 Å². The highest BCUT2D eigenvalue weighted by atomic mass is 79.9. The Morgan fingerprint density at radius 1 is 0.500 bits per heavy atom. The maximum Gasteiger partial charge on any atom is 0.0186 e. The van der Waals surface area contributed by atoms with Crippen LogP contribution in [-0.4, -0.2) is 0 Å². The van der Waals surface area contributed by atoms with Crippen molar-refractivity contribution < 1.29 is 0 Å². The minimum absolute atomic E-state index is 1.11. The molecule has 0 nitrogen and oxygen atoms in total. The summed E-state index contributed by atoms with van der Waals surface area (Å²) in [5.74, 6) is 0. The molecule has 110 valence electrons. The fourth-order valence-electron chi connectivity index (χ4n) is 1.91. The quantitative estimate of drug-likeness (QED) is 0.402. The number of hydrogen-bond acceptors (Lipinski definition) is 2. The number of hydrogen-bond donors (Lipinski definition) is 0. The average molecular weight is 452 g/mol. The van der Waals surface area contributed by atoms with Crippen molar-refractivity contribution >= 4 is 55.4 Å². The van der Waals surface area contributed by atoms with E-state index >= 15 is 0 Å². The first-order valence-electron chi connectivity index (χ1n) is 6.66. The summed E-state index contributed by atoms with van der Waals surface area (Å²) in [5, 5.41) is 0. The van der Waals surface area contributed by atoms with Gasteiger partial charge < -0.3 is 0 Å². The molecule has 0 aliphatic heterocycles. The van der Waals surface area contributed by atoms with E-state index in [4.69, 9.17) is 0 Å². The third kappa shape index (κ3) is 4.66. The van der Waals surface area contributed by atoms with Crippen molar-refractivity contribution in [3.05, 3.63) is 81.7 Å². The Bertz CT molecular complexity index is 704. The van der Waals surface area contributed by atoms with Gasteiger partial charge in [-0.2, -0.15) is 0 Å². The number of benzene rings is 3. The van der Waals surface area contributed by atoms with Gasteiger partial charge in [0.05, 0.1) is 0 Å². The Morgan fingerprint density at radius 3 is 1.27 bits per heavy atom. The third-order valence-corrected chi connectivity index (χ3v) is 5.87. The Hall–Kier alpha value is -0.680. The summed E-state index contributed by atoms with van der Waals surface area (Å²) in [5.41, 5.74) is 0. The van der Waals surface area contributed by atoms with Gasteiger partial charge in [-0.25, -0.2) is 0 Å². The molecule has 3 aromatic rings. The van der Waals surface area contributed by atoms with Gasteiger partial charge in [0, 0.05) is 28.5 Å². The first-order chi connectivity index (χ1) is 10.7. The van der Waals surface area contributed by atoms with Crippen LogP contribution in [0.4, 0.5) is 0 Å². The predicted octanol–water partition coefficient (Wildman–Crippen LogP) is 7.51. The van der Waals surface area contributed by atoms with E-state index in [1.807, 2.05) is 12.1 Å². The molecule has 3 aromatic carbocycles. The summed E-state index contributed by atoms with van der Waals surface area (Å²) >= 11 is 10.6. The summed E-state index contributed by atoms with van der Waals surface area (Å²) in [6.45, 7) is 0. The fraction of sp³-hybridized carbons (Fsp3) is 0. The Balaban J connectivity index is 1.70. The van der Waals surface area contributed by atoms with Crippen LogP contribution >= 0.6 is 55.4 Å². The molecule has 0 fully saturated rings. The molecular weight excluding hydrogens is 440 g/mol. The summed E-state index contributed by atoms with van der Waals surface area (Å²) in [6.07, 6.45) is 0. The standard InChI is InChI=1S/C18H12Br2S2/c19-13-3-1-5-17(11-13)21-15-7-9-16(10-8-15)22-18-6-2-4-14(20)12-18/h1-12H. The molecule has 3 rings (SSSR count). The molecule has 4 heteroatoms. The van der Waals surface area contributed by atoms with E-state index in [9.17, 15) is 0 Å². The largest absolute Gasteiger partial charge is 0.0901 e. The van der Waals surface area contributed by atoms with Gasteiger partial charge in [-0.3, -0.25) is 0 Å². The summed E-state index contributed by atoms with van der Waals surface area (Å²) in [6, 6.07) is 25.4. The molecule has 0 aromatic heterocycles. The molecule has 0 amide bonds. The molecule has 0 bridgehead atoms. The lowest BCUT2D eigenvalue weighted by Crippen LogP contribution is -1.77. The molecule has 0 aliphatic rings. The summed E-state index contributed by atoms with van der Waals surface area (Å²) in [4.78, 5) is 4.97. The first-order valence-corrected chi connectivity index (χ1v) is 9.88. The van der Waals surface area contributed by atoms with Crippen molar-refractivity contribution in [2.45, 2.75) is 19.6 Å². The summed E-state index contributed by atoms with van der Waals surface area (Å²) < 4.78 is 2.22. The topological polar surface area (TPSA) is 0 Å². The predicted molar refractivity (Wildman–Crippen MR) is 103 cm³/mol. The van der Waals surface area contributed by atoms with Crippen LogP contribution in [0.1, 0.15) is 0 Å². The van der Waals surface area contributed by atoms with Gasteiger partial charge in [0.1, 0.15) is 0 Å². The zero-order chi connectivity index (χ0) is 15.4. The SMILES string of the molecule is Brc1cccc(Sc2ccc(Sc3cccc(Br)c3)cc2)c1. The molecule has 0 unspecified atom stereocenters. The molecule has 0 aliphatic carbocycles. The Morgan fingerprint density at radius 2 is 0.909 bits per heavy atom. The zero-order valence-electron chi connectivity index (χ0n) is 11.5. The van der Waals surface area contributed by atoms with Crippen LogP contribution in [0.3, 0.4) is 0 Å². The van der Waals surface area contributed by atoms with Crippen LogP contribution in [0.5, 0.6) is 0 Å². The van der Waals surface area contributed by atoms with E-state index in [0.717, 1.165) is 8.95 Å². The zero-order valence-corrected chi connectivity index (χ0v) is 16.3. The van der Waals surface area contributed by atoms with Crippen LogP contribution in [0.2, 0.25) is 0 Å². The van der Waals surface area contributed by atoms with E-state index in [0.29, 0.717) is 0 Å². The molecule has 0 spiro atoms. The minimum atomic E-state index is 1.11. The van der Waals surface area contributed by atoms with Crippen molar-refractivity contribution in [1.29, 1.82) is 0 Å². The van der Waals surface area contributed by atoms with Crippen molar-refractivity contribution in [3.8, 4) is 0 Å². The van der Waals surface area contributed by atoms with Gasteiger partial charge in [0.2, 0.25) is 0 Å². The lowest BCUT2D eigenvalue weighted by Gasteiger charge is -2.05. The average Bonchev–Trinajstić information content (AvgIpc) is 2.49. The van der Waals surface area contributed by atoms with Crippen LogP contribution < -0.4 is 0 Å². The van der Waals surface area contributed by atoms with Crippen LogP contribution in [0.15, 0.2) is 101 Å². The first kappa shape index (κ1) is 16.2. The van der Waals surface area contributed by atoms with Crippen molar-refractivity contribution in [2.75, 3.05) is 0 Å². The molecule has 0 radical (unpaired) electrons. The molecule has 0 N–H and O–H groups in total. The Labute approximate surface area is 156 Å². The highest BCUT2D eigenvalue weighted by Crippen LogP contribution is 2.33. The molecule has 0 saturated heterocycles. The monoisotopic (exact) mass is 450 g/mol. The Kier molecular flexibility index (Phi) is 5.69. The smallest absolute Gasteiger partial charge is 0.0186 e. The third-order valence-electron chi connectivity index (χ3n) is 2.89. The molecular formula is C18H12Br2S2. The van der Waals surface area contributed by atoms with Gasteiger partial charge in [-0.05, 0) is 60.7 Å². The van der Waals surface area contributed by atoms with Crippen LogP contribution in [0, 0.1) is 0 Å². The fourth-order valence-corrected chi connectivity index (χ4v) is 4.76. The van der Waals surface area contributed by atoms with E-state index < -0.39 is 0 Å². The second-order valence-electron chi connectivity index (χ2n) is 4.59. The van der Waals surface area contributed by atoms with E-state index in [-0.39, 0.29) is 0 Å². The van der Waals surface area contributed by atoms with Gasteiger partial charge in [0.25, 0.3) is 0 Å². The second kappa shape index (κ2) is 7.73. The van der Waals surface area contributed by atoms with Crippen molar-refractivity contribution in [3.63, 3.8) is 0 Å². The maximum atomic E-state index is 3.51. The van der Waals surface area contributed by atoms with E-state index in [2.05, 4.69) is 92.5 Å². The van der Waals surface area contributed by atoms with Crippen LogP contribution in [-0.2, 0) is 0 Å². The molecule has 22 heavy (non-hydrogen) atoms. The molecule has 0 saturated carbocycles. The second-order valence-corrected chi connectivity index (χ2v) is 8.72. The van der Waals surface area contributed by atoms with Gasteiger partial charge >= 0.3 is 0 Å². The lowest BCUT2D eigenvalue weighted by atomic mass is 10.4. The van der Waals surface area contributed by atoms with Gasteiger partial charge in [-0.1, -0.05) is 67.5 Å². The molecule has 0 heterocycles. The van der Waals surface area contributed by atoms with Crippen LogP contribution in [0.25, 0.3) is 0 Å². The molecule has 0 atom stereocenters. The highest BCUT2D eigenvalue weighted by Gasteiger charge is 2.01. The van der Waals surface area contributed by atoms with Gasteiger partial charge in [-0.15, -0.1) is 0 Å². The van der Waals surface area contributed by atoms with E-state index in [1.165, 1.54) is 19.6 Å². The summed E-state index contributed by atoms with van der Waals surface area (Å²) in [7, 11) is 0. The number of halogens is 2.